The predicted molar refractivity (Wildman–Crippen MR) is 94.2 cm³/mol. The van der Waals surface area contributed by atoms with E-state index in [1.54, 1.807) is 23.1 Å². The Balaban J connectivity index is 2.08. The molecule has 1 heterocycles. The van der Waals surface area contributed by atoms with Gasteiger partial charge in [0.15, 0.2) is 0 Å². The summed E-state index contributed by atoms with van der Waals surface area (Å²) in [6, 6.07) is 17.3. The van der Waals surface area contributed by atoms with Gasteiger partial charge in [-0.25, -0.2) is 4.98 Å². The molecule has 0 saturated carbocycles. The molecular formula is C18H17NS2. The maximum absolute atomic E-state index is 4.75. The van der Waals surface area contributed by atoms with E-state index in [9.17, 15) is 0 Å². The van der Waals surface area contributed by atoms with Gasteiger partial charge in [-0.15, -0.1) is 23.1 Å². The predicted octanol–water partition coefficient (Wildman–Crippen LogP) is 5.82. The third-order valence-electron chi connectivity index (χ3n) is 3.41. The van der Waals surface area contributed by atoms with Crippen molar-refractivity contribution in [2.45, 2.75) is 18.7 Å². The quantitative estimate of drug-likeness (QED) is 0.566. The van der Waals surface area contributed by atoms with Crippen LogP contribution in [0, 0.1) is 13.8 Å². The number of benzene rings is 2. The highest BCUT2D eigenvalue weighted by atomic mass is 32.2. The van der Waals surface area contributed by atoms with E-state index in [2.05, 4.69) is 68.6 Å². The average Bonchev–Trinajstić information content (AvgIpc) is 2.90. The summed E-state index contributed by atoms with van der Waals surface area (Å²) in [5, 5.41) is 1.11. The zero-order chi connectivity index (χ0) is 14.8. The van der Waals surface area contributed by atoms with Crippen molar-refractivity contribution in [1.29, 1.82) is 0 Å². The lowest BCUT2D eigenvalue weighted by molar-refractivity contribution is 1.29. The number of nitrogens with zero attached hydrogens (tertiary/aromatic N) is 1. The van der Waals surface area contributed by atoms with Gasteiger partial charge in [-0.2, -0.15) is 0 Å². The Bertz CT molecular complexity index is 740. The number of hydrogen-bond donors (Lipinski definition) is 0. The monoisotopic (exact) mass is 311 g/mol. The second kappa shape index (κ2) is 6.04. The highest BCUT2D eigenvalue weighted by Crippen LogP contribution is 2.37. The van der Waals surface area contributed by atoms with Crippen molar-refractivity contribution in [2.24, 2.45) is 0 Å². The zero-order valence-corrected chi connectivity index (χ0v) is 14.0. The molecule has 3 heteroatoms. The highest BCUT2D eigenvalue weighted by Gasteiger charge is 2.13. The van der Waals surface area contributed by atoms with Crippen molar-refractivity contribution in [3.05, 3.63) is 59.1 Å². The van der Waals surface area contributed by atoms with Gasteiger partial charge in [0.2, 0.25) is 0 Å². The van der Waals surface area contributed by atoms with Gasteiger partial charge in [-0.3, -0.25) is 0 Å². The molecule has 0 atom stereocenters. The van der Waals surface area contributed by atoms with Crippen molar-refractivity contribution in [1.82, 2.24) is 4.98 Å². The van der Waals surface area contributed by atoms with E-state index < -0.39 is 0 Å². The van der Waals surface area contributed by atoms with Gasteiger partial charge >= 0.3 is 0 Å². The first-order valence-corrected chi connectivity index (χ1v) is 8.90. The number of thioether (sulfide) groups is 1. The number of thiazole rings is 1. The molecule has 3 rings (SSSR count). The van der Waals surface area contributed by atoms with Crippen LogP contribution in [0.3, 0.4) is 0 Å². The molecule has 0 aliphatic rings. The maximum Gasteiger partial charge on any atom is 0.0908 e. The van der Waals surface area contributed by atoms with E-state index in [0.29, 0.717) is 0 Å². The second-order valence-electron chi connectivity index (χ2n) is 5.01. The van der Waals surface area contributed by atoms with Crippen LogP contribution in [0.1, 0.15) is 10.6 Å². The van der Waals surface area contributed by atoms with E-state index in [0.717, 1.165) is 10.7 Å². The summed E-state index contributed by atoms with van der Waals surface area (Å²) in [7, 11) is 0. The summed E-state index contributed by atoms with van der Waals surface area (Å²) < 4.78 is 0. The molecule has 2 aromatic carbocycles. The van der Waals surface area contributed by atoms with Crippen LogP contribution in [0.15, 0.2) is 53.4 Å². The van der Waals surface area contributed by atoms with Crippen LogP contribution in [-0.4, -0.2) is 11.2 Å². The standard InChI is InChI=1S/C18H17NS2/c1-12-4-6-15(7-5-12)18-17(19-13(2)21-18)14-8-10-16(20-3)11-9-14/h4-11H,1-3H3. The fraction of sp³-hybridized carbons (Fsp3) is 0.167. The third kappa shape index (κ3) is 3.04. The lowest BCUT2D eigenvalue weighted by atomic mass is 10.1. The number of rotatable bonds is 3. The molecule has 0 bridgehead atoms. The average molecular weight is 311 g/mol. The van der Waals surface area contributed by atoms with Gasteiger partial charge in [0.1, 0.15) is 0 Å². The first-order valence-electron chi connectivity index (χ1n) is 6.86. The van der Waals surface area contributed by atoms with Crippen molar-refractivity contribution in [2.75, 3.05) is 6.26 Å². The van der Waals surface area contributed by atoms with E-state index in [-0.39, 0.29) is 0 Å². The fourth-order valence-electron chi connectivity index (χ4n) is 2.27. The Hall–Kier alpha value is -1.58. The summed E-state index contributed by atoms with van der Waals surface area (Å²) in [4.78, 5) is 7.28. The highest BCUT2D eigenvalue weighted by molar-refractivity contribution is 7.98. The topological polar surface area (TPSA) is 12.9 Å². The van der Waals surface area contributed by atoms with Crippen molar-refractivity contribution < 1.29 is 0 Å². The molecule has 1 nitrogen and oxygen atoms in total. The Kier molecular flexibility index (Phi) is 4.13. The molecule has 0 amide bonds. The smallest absolute Gasteiger partial charge is 0.0908 e. The molecule has 0 spiro atoms. The Morgan fingerprint density at radius 3 is 2.10 bits per heavy atom. The van der Waals surface area contributed by atoms with E-state index in [1.165, 1.54) is 26.5 Å². The van der Waals surface area contributed by atoms with Crippen molar-refractivity contribution >= 4 is 23.1 Å². The minimum atomic E-state index is 1.09. The van der Waals surface area contributed by atoms with Gasteiger partial charge in [0.05, 0.1) is 15.6 Å². The van der Waals surface area contributed by atoms with Gasteiger partial charge in [0.25, 0.3) is 0 Å². The molecule has 0 N–H and O–H groups in total. The van der Waals surface area contributed by atoms with Crippen LogP contribution in [0.2, 0.25) is 0 Å². The molecule has 0 unspecified atom stereocenters. The molecular weight excluding hydrogens is 294 g/mol. The van der Waals surface area contributed by atoms with Gasteiger partial charge in [-0.05, 0) is 37.8 Å². The largest absolute Gasteiger partial charge is 0.241 e. The first kappa shape index (κ1) is 14.4. The summed E-state index contributed by atoms with van der Waals surface area (Å²) in [6.45, 7) is 4.19. The van der Waals surface area contributed by atoms with Crippen LogP contribution in [0.4, 0.5) is 0 Å². The Labute approximate surface area is 134 Å². The number of hydrogen-bond acceptors (Lipinski definition) is 3. The van der Waals surface area contributed by atoms with Crippen LogP contribution < -0.4 is 0 Å². The van der Waals surface area contributed by atoms with Gasteiger partial charge in [-0.1, -0.05) is 42.0 Å². The minimum absolute atomic E-state index is 1.09. The molecule has 0 radical (unpaired) electrons. The van der Waals surface area contributed by atoms with E-state index >= 15 is 0 Å². The SMILES string of the molecule is CSc1ccc(-c2nc(C)sc2-c2ccc(C)cc2)cc1. The lowest BCUT2D eigenvalue weighted by Gasteiger charge is -2.04. The molecule has 0 fully saturated rings. The van der Waals surface area contributed by atoms with Gasteiger partial charge in [0, 0.05) is 10.5 Å². The zero-order valence-electron chi connectivity index (χ0n) is 12.4. The van der Waals surface area contributed by atoms with Gasteiger partial charge < -0.3 is 0 Å². The summed E-state index contributed by atoms with van der Waals surface area (Å²) in [5.41, 5.74) is 4.81. The number of aryl methyl sites for hydroxylation is 2. The van der Waals surface area contributed by atoms with E-state index in [1.807, 2.05) is 0 Å². The molecule has 0 saturated heterocycles. The third-order valence-corrected chi connectivity index (χ3v) is 5.17. The van der Waals surface area contributed by atoms with Crippen molar-refractivity contribution in [3.63, 3.8) is 0 Å². The summed E-state index contributed by atoms with van der Waals surface area (Å²) in [5.74, 6) is 0. The van der Waals surface area contributed by atoms with Crippen LogP contribution in [-0.2, 0) is 0 Å². The Morgan fingerprint density at radius 2 is 1.48 bits per heavy atom. The number of aromatic nitrogens is 1. The molecule has 106 valence electrons. The molecule has 0 aliphatic heterocycles. The molecule has 1 aromatic heterocycles. The minimum Gasteiger partial charge on any atom is -0.241 e. The first-order chi connectivity index (χ1) is 10.2. The summed E-state index contributed by atoms with van der Waals surface area (Å²) in [6.07, 6.45) is 2.10. The fourth-order valence-corrected chi connectivity index (χ4v) is 3.63. The summed E-state index contributed by atoms with van der Waals surface area (Å²) >= 11 is 3.52. The molecule has 3 aromatic rings. The van der Waals surface area contributed by atoms with Crippen LogP contribution >= 0.6 is 23.1 Å². The van der Waals surface area contributed by atoms with Crippen LogP contribution in [0.25, 0.3) is 21.7 Å². The maximum atomic E-state index is 4.75. The molecule has 21 heavy (non-hydrogen) atoms. The lowest BCUT2D eigenvalue weighted by Crippen LogP contribution is -1.83. The van der Waals surface area contributed by atoms with Crippen molar-refractivity contribution in [3.8, 4) is 21.7 Å². The van der Waals surface area contributed by atoms with Crippen LogP contribution in [0.5, 0.6) is 0 Å². The Morgan fingerprint density at radius 1 is 0.857 bits per heavy atom. The van der Waals surface area contributed by atoms with E-state index in [4.69, 9.17) is 4.98 Å². The normalized spacial score (nSPS) is 10.8. The second-order valence-corrected chi connectivity index (χ2v) is 7.09. The molecule has 0 aliphatic carbocycles.